The van der Waals surface area contributed by atoms with Crippen LogP contribution in [-0.4, -0.2) is 67.7 Å². The zero-order chi connectivity index (χ0) is 17.0. The Balaban J connectivity index is 1.97. The van der Waals surface area contributed by atoms with Crippen molar-refractivity contribution in [3.05, 3.63) is 11.3 Å². The molecule has 0 unspecified atom stereocenters. The van der Waals surface area contributed by atoms with Crippen molar-refractivity contribution in [3.8, 4) is 0 Å². The van der Waals surface area contributed by atoms with E-state index in [4.69, 9.17) is 4.74 Å². The minimum atomic E-state index is 0.554. The van der Waals surface area contributed by atoms with Crippen LogP contribution in [-0.2, 0) is 18.3 Å². The quantitative estimate of drug-likeness (QED) is 0.818. The molecular formula is C17H33N5O. The molecule has 2 heterocycles. The number of nitrogens with one attached hydrogen (secondary N) is 1. The summed E-state index contributed by atoms with van der Waals surface area (Å²) in [5.74, 6) is 1.81. The van der Waals surface area contributed by atoms with E-state index in [1.807, 2.05) is 11.7 Å². The Morgan fingerprint density at radius 1 is 1.26 bits per heavy atom. The van der Waals surface area contributed by atoms with Crippen LogP contribution < -0.4 is 10.2 Å². The lowest BCUT2D eigenvalue weighted by molar-refractivity contribution is 0.00648. The molecule has 132 valence electrons. The molecule has 6 nitrogen and oxygen atoms in total. The lowest BCUT2D eigenvalue weighted by atomic mass is 10.0. The van der Waals surface area contributed by atoms with Crippen LogP contribution in [0.5, 0.6) is 0 Å². The van der Waals surface area contributed by atoms with Crippen LogP contribution >= 0.6 is 0 Å². The molecular weight excluding hydrogens is 290 g/mol. The van der Waals surface area contributed by atoms with E-state index in [1.54, 1.807) is 0 Å². The highest BCUT2D eigenvalue weighted by Crippen LogP contribution is 2.21. The largest absolute Gasteiger partial charge is 0.379 e. The average Bonchev–Trinajstić information content (AvgIpc) is 2.78. The number of hydrogen-bond donors (Lipinski definition) is 1. The third-order valence-electron chi connectivity index (χ3n) is 4.68. The molecule has 0 spiro atoms. The van der Waals surface area contributed by atoms with Crippen LogP contribution in [0.25, 0.3) is 0 Å². The highest BCUT2D eigenvalue weighted by molar-refractivity contribution is 5.48. The van der Waals surface area contributed by atoms with Gasteiger partial charge in [0.25, 0.3) is 0 Å². The van der Waals surface area contributed by atoms with Crippen molar-refractivity contribution in [2.75, 3.05) is 51.8 Å². The van der Waals surface area contributed by atoms with E-state index in [1.165, 1.54) is 11.4 Å². The van der Waals surface area contributed by atoms with Gasteiger partial charge < -0.3 is 15.0 Å². The molecule has 0 aromatic carbocycles. The maximum Gasteiger partial charge on any atom is 0.130 e. The Morgan fingerprint density at radius 2 is 1.91 bits per heavy atom. The molecule has 1 aromatic heterocycles. The van der Waals surface area contributed by atoms with Crippen LogP contribution in [0.2, 0.25) is 0 Å². The van der Waals surface area contributed by atoms with E-state index < -0.39 is 0 Å². The molecule has 23 heavy (non-hydrogen) atoms. The summed E-state index contributed by atoms with van der Waals surface area (Å²) in [5, 5.41) is 8.23. The van der Waals surface area contributed by atoms with E-state index in [9.17, 15) is 0 Å². The summed E-state index contributed by atoms with van der Waals surface area (Å²) >= 11 is 0. The van der Waals surface area contributed by atoms with E-state index in [0.29, 0.717) is 12.0 Å². The lowest BCUT2D eigenvalue weighted by Crippen LogP contribution is -2.50. The molecule has 1 aromatic rings. The van der Waals surface area contributed by atoms with Crippen LogP contribution in [0.4, 0.5) is 5.82 Å². The van der Waals surface area contributed by atoms with E-state index >= 15 is 0 Å². The highest BCUT2D eigenvalue weighted by atomic mass is 16.5. The van der Waals surface area contributed by atoms with Gasteiger partial charge in [0.1, 0.15) is 5.82 Å². The second kappa shape index (κ2) is 8.13. The highest BCUT2D eigenvalue weighted by Gasteiger charge is 2.24. The molecule has 0 aliphatic carbocycles. The van der Waals surface area contributed by atoms with Gasteiger partial charge in [0.2, 0.25) is 0 Å². The fraction of sp³-hybridized carbons (Fsp3) is 0.824. The van der Waals surface area contributed by atoms with Gasteiger partial charge in [-0.2, -0.15) is 5.10 Å². The van der Waals surface area contributed by atoms with Gasteiger partial charge in [0, 0.05) is 58.9 Å². The van der Waals surface area contributed by atoms with Gasteiger partial charge in [-0.25, -0.2) is 0 Å². The zero-order valence-electron chi connectivity index (χ0n) is 15.6. The fourth-order valence-corrected chi connectivity index (χ4v) is 3.50. The molecule has 1 aliphatic heterocycles. The number of anilines is 1. The van der Waals surface area contributed by atoms with Crippen molar-refractivity contribution in [2.45, 2.75) is 33.4 Å². The Kier molecular flexibility index (Phi) is 6.44. The van der Waals surface area contributed by atoms with Crippen molar-refractivity contribution in [3.63, 3.8) is 0 Å². The SMILES string of the molecule is Cc1nn(C)c(N(C)C)c1CNC[C@H](C(C)C)N1CCOCC1. The molecule has 0 saturated carbocycles. The van der Waals surface area contributed by atoms with Crippen molar-refractivity contribution >= 4 is 5.82 Å². The van der Waals surface area contributed by atoms with E-state index in [-0.39, 0.29) is 0 Å². The summed E-state index contributed by atoms with van der Waals surface area (Å²) in [7, 11) is 6.16. The standard InChI is InChI=1S/C17H33N5O/c1-13(2)16(22-7-9-23-10-8-22)12-18-11-15-14(3)19-21(6)17(15)20(4)5/h13,16,18H,7-12H2,1-6H3/t16-/m1/s1. The van der Waals surface area contributed by atoms with Crippen molar-refractivity contribution < 1.29 is 4.74 Å². The normalized spacial score (nSPS) is 17.7. The van der Waals surface area contributed by atoms with Crippen LogP contribution in [0, 0.1) is 12.8 Å². The number of aryl methyl sites for hydroxylation is 2. The smallest absolute Gasteiger partial charge is 0.130 e. The van der Waals surface area contributed by atoms with Gasteiger partial charge in [-0.3, -0.25) is 9.58 Å². The second-order valence-corrected chi connectivity index (χ2v) is 7.00. The summed E-state index contributed by atoms with van der Waals surface area (Å²) < 4.78 is 7.45. The number of rotatable bonds is 7. The molecule has 1 saturated heterocycles. The molecule has 0 bridgehead atoms. The number of aromatic nitrogens is 2. The van der Waals surface area contributed by atoms with Gasteiger partial charge in [-0.1, -0.05) is 13.8 Å². The van der Waals surface area contributed by atoms with Gasteiger partial charge >= 0.3 is 0 Å². The van der Waals surface area contributed by atoms with Gasteiger partial charge in [-0.05, 0) is 12.8 Å². The minimum Gasteiger partial charge on any atom is -0.379 e. The predicted octanol–water partition coefficient (Wildman–Crippen LogP) is 1.24. The summed E-state index contributed by atoms with van der Waals surface area (Å²) in [4.78, 5) is 4.70. The monoisotopic (exact) mass is 323 g/mol. The molecule has 2 rings (SSSR count). The molecule has 0 radical (unpaired) electrons. The van der Waals surface area contributed by atoms with E-state index in [0.717, 1.165) is 45.1 Å². The Bertz CT molecular complexity index is 491. The van der Waals surface area contributed by atoms with Crippen molar-refractivity contribution in [1.29, 1.82) is 0 Å². The summed E-state index contributed by atoms with van der Waals surface area (Å²) in [6, 6.07) is 0.554. The Labute approximate surface area is 140 Å². The number of nitrogens with zero attached hydrogens (tertiary/aromatic N) is 4. The summed E-state index contributed by atoms with van der Waals surface area (Å²) in [6.07, 6.45) is 0. The summed E-state index contributed by atoms with van der Waals surface area (Å²) in [6.45, 7) is 12.4. The van der Waals surface area contributed by atoms with Crippen molar-refractivity contribution in [2.24, 2.45) is 13.0 Å². The Morgan fingerprint density at radius 3 is 2.48 bits per heavy atom. The van der Waals surface area contributed by atoms with Gasteiger partial charge in [0.05, 0.1) is 18.9 Å². The third kappa shape index (κ3) is 4.46. The first-order valence-corrected chi connectivity index (χ1v) is 8.64. The first-order valence-electron chi connectivity index (χ1n) is 8.64. The first kappa shape index (κ1) is 18.2. The first-order chi connectivity index (χ1) is 10.9. The number of ether oxygens (including phenoxy) is 1. The molecule has 1 atom stereocenters. The summed E-state index contributed by atoms with van der Waals surface area (Å²) in [5.41, 5.74) is 2.40. The van der Waals surface area contributed by atoms with E-state index in [2.05, 4.69) is 55.1 Å². The maximum atomic E-state index is 5.49. The number of hydrogen-bond acceptors (Lipinski definition) is 5. The van der Waals surface area contributed by atoms with Gasteiger partial charge in [-0.15, -0.1) is 0 Å². The fourth-order valence-electron chi connectivity index (χ4n) is 3.50. The zero-order valence-corrected chi connectivity index (χ0v) is 15.6. The lowest BCUT2D eigenvalue weighted by Gasteiger charge is -2.37. The average molecular weight is 323 g/mol. The molecule has 0 amide bonds. The van der Waals surface area contributed by atoms with Gasteiger partial charge in [0.15, 0.2) is 0 Å². The Hall–Kier alpha value is -1.11. The molecule has 6 heteroatoms. The topological polar surface area (TPSA) is 45.6 Å². The van der Waals surface area contributed by atoms with Crippen LogP contribution in [0.1, 0.15) is 25.1 Å². The van der Waals surface area contributed by atoms with Crippen LogP contribution in [0.15, 0.2) is 0 Å². The molecule has 1 N–H and O–H groups in total. The van der Waals surface area contributed by atoms with Crippen LogP contribution in [0.3, 0.4) is 0 Å². The molecule has 1 aliphatic rings. The maximum absolute atomic E-state index is 5.49. The number of morpholine rings is 1. The predicted molar refractivity (Wildman–Crippen MR) is 95.0 cm³/mol. The third-order valence-corrected chi connectivity index (χ3v) is 4.68. The second-order valence-electron chi connectivity index (χ2n) is 7.00. The molecule has 1 fully saturated rings. The van der Waals surface area contributed by atoms with Crippen molar-refractivity contribution in [1.82, 2.24) is 20.0 Å². The minimum absolute atomic E-state index is 0.554.